The number of hydrogen-bond acceptors (Lipinski definition) is 2. The van der Waals surface area contributed by atoms with Gasteiger partial charge >= 0.3 is 0 Å². The summed E-state index contributed by atoms with van der Waals surface area (Å²) >= 11 is 0. The number of carbonyl (C=O) groups is 1. The molecule has 0 atom stereocenters. The third kappa shape index (κ3) is 3.05. The van der Waals surface area contributed by atoms with Gasteiger partial charge in [0, 0.05) is 19.3 Å². The Balaban J connectivity index is 2.33. The van der Waals surface area contributed by atoms with E-state index in [1.807, 2.05) is 0 Å². The van der Waals surface area contributed by atoms with Gasteiger partial charge in [0.15, 0.2) is 11.5 Å². The SMILES string of the molecule is CCCCCC(=O)C1(F)CCNCC1. The molecule has 1 N–H and O–H groups in total. The first kappa shape index (κ1) is 11.6. The Kier molecular flexibility index (Phi) is 4.52. The number of hydrogen-bond donors (Lipinski definition) is 1. The maximum atomic E-state index is 14.0. The molecule has 0 aromatic rings. The number of rotatable bonds is 5. The molecule has 0 bridgehead atoms. The molecule has 1 fully saturated rings. The summed E-state index contributed by atoms with van der Waals surface area (Å²) in [5, 5.41) is 3.07. The van der Waals surface area contributed by atoms with Crippen molar-refractivity contribution < 1.29 is 9.18 Å². The van der Waals surface area contributed by atoms with E-state index in [2.05, 4.69) is 12.2 Å². The highest BCUT2D eigenvalue weighted by molar-refractivity contribution is 5.87. The van der Waals surface area contributed by atoms with Crippen LogP contribution in [0, 0.1) is 0 Å². The normalized spacial score (nSPS) is 20.7. The topological polar surface area (TPSA) is 29.1 Å². The van der Waals surface area contributed by atoms with Crippen LogP contribution in [0.2, 0.25) is 0 Å². The molecule has 0 unspecified atom stereocenters. The number of Topliss-reactive ketones (excluding diaryl/α,β-unsaturated/α-hetero) is 1. The van der Waals surface area contributed by atoms with Crippen molar-refractivity contribution in [2.75, 3.05) is 13.1 Å². The predicted octanol–water partition coefficient (Wildman–Crippen LogP) is 2.23. The molecule has 0 spiro atoms. The minimum atomic E-state index is -1.51. The van der Waals surface area contributed by atoms with Crippen molar-refractivity contribution in [3.63, 3.8) is 0 Å². The fourth-order valence-corrected chi connectivity index (χ4v) is 1.86. The van der Waals surface area contributed by atoms with Crippen molar-refractivity contribution in [3.8, 4) is 0 Å². The second kappa shape index (κ2) is 5.44. The molecule has 3 heteroatoms. The van der Waals surface area contributed by atoms with Crippen LogP contribution in [0.3, 0.4) is 0 Å². The van der Waals surface area contributed by atoms with Crippen LogP contribution in [0.1, 0.15) is 45.4 Å². The first-order valence-electron chi connectivity index (χ1n) is 5.62. The van der Waals surface area contributed by atoms with Crippen molar-refractivity contribution in [2.45, 2.75) is 51.1 Å². The average molecular weight is 201 g/mol. The number of piperidine rings is 1. The van der Waals surface area contributed by atoms with E-state index in [0.717, 1.165) is 19.3 Å². The molecule has 2 nitrogen and oxygen atoms in total. The smallest absolute Gasteiger partial charge is 0.171 e. The van der Waals surface area contributed by atoms with E-state index in [-0.39, 0.29) is 5.78 Å². The van der Waals surface area contributed by atoms with E-state index in [1.165, 1.54) is 0 Å². The molecular weight excluding hydrogens is 181 g/mol. The number of ketones is 1. The number of alkyl halides is 1. The second-order valence-corrected chi connectivity index (χ2v) is 4.10. The Bertz CT molecular complexity index is 188. The summed E-state index contributed by atoms with van der Waals surface area (Å²) in [5.74, 6) is -0.174. The van der Waals surface area contributed by atoms with E-state index >= 15 is 0 Å². The standard InChI is InChI=1S/C11H20FNO/c1-2-3-4-5-10(14)11(12)6-8-13-9-7-11/h13H,2-9H2,1H3. The summed E-state index contributed by atoms with van der Waals surface area (Å²) in [4.78, 5) is 11.6. The maximum absolute atomic E-state index is 14.0. The van der Waals surface area contributed by atoms with Crippen molar-refractivity contribution in [2.24, 2.45) is 0 Å². The monoisotopic (exact) mass is 201 g/mol. The van der Waals surface area contributed by atoms with Gasteiger partial charge in [0.2, 0.25) is 0 Å². The van der Waals surface area contributed by atoms with E-state index in [9.17, 15) is 9.18 Å². The molecule has 1 aliphatic heterocycles. The Hall–Kier alpha value is -0.440. The summed E-state index contributed by atoms with van der Waals surface area (Å²) in [6, 6.07) is 0. The lowest BCUT2D eigenvalue weighted by atomic mass is 9.87. The first-order chi connectivity index (χ1) is 6.69. The van der Waals surface area contributed by atoms with Gasteiger partial charge in [-0.3, -0.25) is 4.79 Å². The van der Waals surface area contributed by atoms with E-state index < -0.39 is 5.67 Å². The molecule has 0 amide bonds. The van der Waals surface area contributed by atoms with Gasteiger partial charge in [-0.25, -0.2) is 4.39 Å². The number of carbonyl (C=O) groups excluding carboxylic acids is 1. The van der Waals surface area contributed by atoms with E-state index in [4.69, 9.17) is 0 Å². The van der Waals surface area contributed by atoms with Crippen LogP contribution >= 0.6 is 0 Å². The first-order valence-corrected chi connectivity index (χ1v) is 5.62. The van der Waals surface area contributed by atoms with Crippen LogP contribution < -0.4 is 5.32 Å². The minimum Gasteiger partial charge on any atom is -0.316 e. The summed E-state index contributed by atoms with van der Waals surface area (Å²) in [6.07, 6.45) is 4.09. The molecule has 1 heterocycles. The molecule has 1 aliphatic rings. The zero-order chi connectivity index (χ0) is 10.4. The summed E-state index contributed by atoms with van der Waals surface area (Å²) in [6.45, 7) is 3.35. The van der Waals surface area contributed by atoms with Gasteiger partial charge in [-0.2, -0.15) is 0 Å². The van der Waals surface area contributed by atoms with Gasteiger partial charge in [-0.05, 0) is 19.5 Å². The van der Waals surface area contributed by atoms with Gasteiger partial charge in [0.05, 0.1) is 0 Å². The van der Waals surface area contributed by atoms with Crippen molar-refractivity contribution in [1.82, 2.24) is 5.32 Å². The average Bonchev–Trinajstić information content (AvgIpc) is 2.19. The molecule has 0 aliphatic carbocycles. The third-order valence-electron chi connectivity index (χ3n) is 2.90. The zero-order valence-corrected chi connectivity index (χ0v) is 8.94. The van der Waals surface area contributed by atoms with Crippen molar-refractivity contribution in [1.29, 1.82) is 0 Å². The van der Waals surface area contributed by atoms with Gasteiger partial charge in [0.1, 0.15) is 0 Å². The van der Waals surface area contributed by atoms with Crippen LogP contribution in [0.15, 0.2) is 0 Å². The van der Waals surface area contributed by atoms with E-state index in [0.29, 0.717) is 32.4 Å². The highest BCUT2D eigenvalue weighted by atomic mass is 19.1. The Morgan fingerprint density at radius 1 is 1.36 bits per heavy atom. The van der Waals surface area contributed by atoms with Crippen LogP contribution in [-0.4, -0.2) is 24.5 Å². The molecule has 0 radical (unpaired) electrons. The highest BCUT2D eigenvalue weighted by Gasteiger charge is 2.38. The quantitative estimate of drug-likeness (QED) is 0.691. The Morgan fingerprint density at radius 3 is 2.57 bits per heavy atom. The molecule has 1 saturated heterocycles. The van der Waals surface area contributed by atoms with Crippen LogP contribution in [0.25, 0.3) is 0 Å². The zero-order valence-electron chi connectivity index (χ0n) is 8.94. The molecule has 0 saturated carbocycles. The molecule has 1 rings (SSSR count). The lowest BCUT2D eigenvalue weighted by molar-refractivity contribution is -0.132. The predicted molar refractivity (Wildman–Crippen MR) is 55.1 cm³/mol. The van der Waals surface area contributed by atoms with Crippen LogP contribution in [-0.2, 0) is 4.79 Å². The van der Waals surface area contributed by atoms with Gasteiger partial charge in [-0.1, -0.05) is 19.8 Å². The molecule has 82 valence electrons. The largest absolute Gasteiger partial charge is 0.316 e. The summed E-state index contributed by atoms with van der Waals surface area (Å²) < 4.78 is 14.0. The fourth-order valence-electron chi connectivity index (χ4n) is 1.86. The minimum absolute atomic E-state index is 0.174. The Morgan fingerprint density at radius 2 is 2.00 bits per heavy atom. The molecule has 0 aromatic heterocycles. The molecule has 0 aromatic carbocycles. The maximum Gasteiger partial charge on any atom is 0.171 e. The fraction of sp³-hybridized carbons (Fsp3) is 0.909. The van der Waals surface area contributed by atoms with Gasteiger partial charge < -0.3 is 5.32 Å². The lowest BCUT2D eigenvalue weighted by Gasteiger charge is -2.28. The van der Waals surface area contributed by atoms with Crippen LogP contribution in [0.5, 0.6) is 0 Å². The Labute approximate surface area is 85.3 Å². The number of halogens is 1. The van der Waals surface area contributed by atoms with Crippen molar-refractivity contribution >= 4 is 5.78 Å². The third-order valence-corrected chi connectivity index (χ3v) is 2.90. The number of nitrogens with one attached hydrogen (secondary N) is 1. The van der Waals surface area contributed by atoms with Gasteiger partial charge in [-0.15, -0.1) is 0 Å². The lowest BCUT2D eigenvalue weighted by Crippen LogP contribution is -2.44. The number of unbranched alkanes of at least 4 members (excludes halogenated alkanes) is 2. The van der Waals surface area contributed by atoms with Crippen molar-refractivity contribution in [3.05, 3.63) is 0 Å². The highest BCUT2D eigenvalue weighted by Crippen LogP contribution is 2.26. The summed E-state index contributed by atoms with van der Waals surface area (Å²) in [7, 11) is 0. The second-order valence-electron chi connectivity index (χ2n) is 4.10. The summed E-state index contributed by atoms with van der Waals surface area (Å²) in [5.41, 5.74) is -1.51. The van der Waals surface area contributed by atoms with Crippen LogP contribution in [0.4, 0.5) is 4.39 Å². The molecular formula is C11H20FNO. The molecule has 14 heavy (non-hydrogen) atoms. The van der Waals surface area contributed by atoms with E-state index in [1.54, 1.807) is 0 Å². The van der Waals surface area contributed by atoms with Gasteiger partial charge in [0.25, 0.3) is 0 Å².